The molecule has 0 amide bonds. The molecular weight excluding hydrogens is 1040 g/mol. The molecule has 2 aliphatic rings. The third-order valence-electron chi connectivity index (χ3n) is 13.2. The van der Waals surface area contributed by atoms with Crippen LogP contribution in [0.3, 0.4) is 0 Å². The van der Waals surface area contributed by atoms with Crippen molar-refractivity contribution in [3.05, 3.63) is 71.2 Å². The third-order valence-corrected chi connectivity index (χ3v) is 13.2. The Bertz CT molecular complexity index is 2270. The molecule has 0 radical (unpaired) electrons. The van der Waals surface area contributed by atoms with E-state index in [1.165, 1.54) is 12.5 Å². The lowest BCUT2D eigenvalue weighted by Crippen LogP contribution is -2.57. The first-order valence-corrected chi connectivity index (χ1v) is 28.2. The maximum Gasteiger partial charge on any atom is 0.514 e. The molecule has 2 saturated heterocycles. The molecule has 2 aromatic rings. The summed E-state index contributed by atoms with van der Waals surface area (Å²) in [5, 5.41) is 0. The lowest BCUT2D eigenvalue weighted by molar-refractivity contribution is -0.337. The number of benzene rings is 2. The lowest BCUT2D eigenvalue weighted by atomic mass is 9.83. The molecule has 2 heterocycles. The van der Waals surface area contributed by atoms with Crippen molar-refractivity contribution >= 4 is 24.2 Å². The summed E-state index contributed by atoms with van der Waals surface area (Å²) in [5.74, 6) is 0.889. The molecule has 18 nitrogen and oxygen atoms in total. The van der Waals surface area contributed by atoms with Crippen molar-refractivity contribution in [2.75, 3.05) is 66.1 Å². The molecule has 2 fully saturated rings. The van der Waals surface area contributed by atoms with Gasteiger partial charge in [0.25, 0.3) is 0 Å². The monoisotopic (exact) mass is 1140 g/mol. The molecule has 81 heavy (non-hydrogen) atoms. The zero-order chi connectivity index (χ0) is 60.8. The van der Waals surface area contributed by atoms with Gasteiger partial charge < -0.3 is 66.3 Å². The fourth-order valence-electron chi connectivity index (χ4n) is 8.91. The quantitative estimate of drug-likeness (QED) is 0.0283. The van der Waals surface area contributed by atoms with Crippen LogP contribution in [0.1, 0.15) is 170 Å². The van der Waals surface area contributed by atoms with Crippen molar-refractivity contribution in [3.63, 3.8) is 0 Å². The van der Waals surface area contributed by atoms with Crippen LogP contribution in [-0.4, -0.2) is 114 Å². The van der Waals surface area contributed by atoms with Gasteiger partial charge >= 0.3 is 24.2 Å². The van der Waals surface area contributed by atoms with Gasteiger partial charge in [0.1, 0.15) is 47.4 Å². The summed E-state index contributed by atoms with van der Waals surface area (Å²) in [6, 6.07) is 3.85. The van der Waals surface area contributed by atoms with Crippen LogP contribution < -0.4 is 18.9 Å². The summed E-state index contributed by atoms with van der Waals surface area (Å²) >= 11 is 0. The van der Waals surface area contributed by atoms with Gasteiger partial charge in [-0.15, -0.1) is 0 Å². The van der Waals surface area contributed by atoms with E-state index >= 15 is 0 Å². The SMILES string of the molecule is C=COCCCOc1c(CCC(=O)OCC(C)(C)C2OCC3(CO2)COC(C(C)(C)COC(=O)CCc2cc(C(C)(C)C)c(OC(=O)OC(C)(C)C)c(C)c2OCCCOC=C)OC3)cc(C(C)(C)C)c(OC(=O)OC(C)(C)C)c1C. The number of hydrogen-bond donors (Lipinski definition) is 0. The van der Waals surface area contributed by atoms with Crippen LogP contribution in [0.4, 0.5) is 9.59 Å². The molecule has 456 valence electrons. The maximum atomic E-state index is 13.5. The fraction of sp³-hybridized carbons (Fsp3) is 0.683. The van der Waals surface area contributed by atoms with Crippen LogP contribution in [0.25, 0.3) is 0 Å². The van der Waals surface area contributed by atoms with Crippen LogP contribution in [0.2, 0.25) is 0 Å². The highest BCUT2D eigenvalue weighted by molar-refractivity contribution is 5.72. The summed E-state index contributed by atoms with van der Waals surface area (Å²) < 4.78 is 82.9. The van der Waals surface area contributed by atoms with E-state index in [1.807, 2.05) is 95.2 Å². The zero-order valence-electron chi connectivity index (χ0n) is 52.0. The number of rotatable bonds is 26. The largest absolute Gasteiger partial charge is 0.514 e. The van der Waals surface area contributed by atoms with E-state index in [4.69, 9.17) is 66.3 Å². The average molecular weight is 1140 g/mol. The third kappa shape index (κ3) is 21.0. The Morgan fingerprint density at radius 1 is 0.531 bits per heavy atom. The Morgan fingerprint density at radius 2 is 0.864 bits per heavy atom. The second kappa shape index (κ2) is 28.6. The van der Waals surface area contributed by atoms with Gasteiger partial charge in [-0.1, -0.05) is 82.4 Å². The molecule has 0 bridgehead atoms. The van der Waals surface area contributed by atoms with Crippen molar-refractivity contribution < 1.29 is 85.5 Å². The molecule has 4 rings (SSSR count). The molecule has 0 aliphatic carbocycles. The summed E-state index contributed by atoms with van der Waals surface area (Å²) in [7, 11) is 0. The molecular formula is C63H96O18. The molecule has 2 aromatic carbocycles. The first-order valence-electron chi connectivity index (χ1n) is 28.2. The highest BCUT2D eigenvalue weighted by Gasteiger charge is 2.48. The normalized spacial score (nSPS) is 18.0. The first-order chi connectivity index (χ1) is 37.5. The predicted octanol–water partition coefficient (Wildman–Crippen LogP) is 12.8. The summed E-state index contributed by atoms with van der Waals surface area (Å²) in [5.41, 5.74) is -0.190. The van der Waals surface area contributed by atoms with Crippen molar-refractivity contribution in [1.29, 1.82) is 0 Å². The van der Waals surface area contributed by atoms with Crippen molar-refractivity contribution in [2.45, 2.75) is 198 Å². The highest BCUT2D eigenvalue weighted by atomic mass is 16.7. The molecule has 0 saturated carbocycles. The first kappa shape index (κ1) is 67.9. The standard InChI is InChI=1S/C63H96O18/c1-21-68-29-23-31-70-49-41(3)51(78-55(66)80-59(11,12)13)45(57(5,6)7)33-43(49)25-27-47(64)72-35-61(17,18)53-74-37-63(38-75-53)39-76-54(77-40-63)62(19,20)36-73-48(65)28-26-44-34-46(58(8,9)10)52(79-56(67)81-60(14,15)16)42(4)50(44)71-32-24-30-69-22-2/h21-22,33-34,53-54H,1-2,23-32,35-40H2,3-20H3. The van der Waals surface area contributed by atoms with E-state index < -0.39 is 75.1 Å². The lowest BCUT2D eigenvalue weighted by Gasteiger charge is -2.48. The van der Waals surface area contributed by atoms with E-state index in [0.29, 0.717) is 86.2 Å². The smallest absolute Gasteiger partial charge is 0.502 e. The Balaban J connectivity index is 1.33. The summed E-state index contributed by atoms with van der Waals surface area (Å²) in [6.45, 7) is 43.8. The number of carbonyl (C=O) groups is 4. The molecule has 0 N–H and O–H groups in total. The average Bonchev–Trinajstić information content (AvgIpc) is 3.38. The molecule has 18 heteroatoms. The van der Waals surface area contributed by atoms with Crippen LogP contribution in [0.15, 0.2) is 37.8 Å². The van der Waals surface area contributed by atoms with E-state index in [2.05, 4.69) is 13.2 Å². The van der Waals surface area contributed by atoms with E-state index in [0.717, 1.165) is 22.3 Å². The number of carbonyl (C=O) groups excluding carboxylic acids is 4. The number of ether oxygens (including phenoxy) is 14. The van der Waals surface area contributed by atoms with Gasteiger partial charge in [-0.05, 0) is 102 Å². The molecule has 1 spiro atoms. The minimum Gasteiger partial charge on any atom is -0.502 e. The highest BCUT2D eigenvalue weighted by Crippen LogP contribution is 2.45. The molecule has 2 aliphatic heterocycles. The number of aryl methyl sites for hydroxylation is 2. The van der Waals surface area contributed by atoms with E-state index in [9.17, 15) is 19.2 Å². The predicted molar refractivity (Wildman–Crippen MR) is 306 cm³/mol. The minimum atomic E-state index is -0.827. The van der Waals surface area contributed by atoms with Crippen molar-refractivity contribution in [3.8, 4) is 23.0 Å². The Kier molecular flexibility index (Phi) is 24.0. The summed E-state index contributed by atoms with van der Waals surface area (Å²) in [6.07, 6.45) is 1.56. The van der Waals surface area contributed by atoms with E-state index in [1.54, 1.807) is 41.5 Å². The van der Waals surface area contributed by atoms with E-state index in [-0.39, 0.29) is 52.5 Å². The molecule has 0 atom stereocenters. The summed E-state index contributed by atoms with van der Waals surface area (Å²) in [4.78, 5) is 52.9. The maximum absolute atomic E-state index is 13.5. The Hall–Kier alpha value is -5.56. The van der Waals surface area contributed by atoms with Gasteiger partial charge in [-0.25, -0.2) is 9.59 Å². The van der Waals surface area contributed by atoms with Crippen LogP contribution >= 0.6 is 0 Å². The molecule has 0 aromatic heterocycles. The van der Waals surface area contributed by atoms with Gasteiger partial charge in [0, 0.05) is 58.8 Å². The zero-order valence-corrected chi connectivity index (χ0v) is 52.0. The van der Waals surface area contributed by atoms with Gasteiger partial charge in [-0.2, -0.15) is 0 Å². The Labute approximate surface area is 482 Å². The van der Waals surface area contributed by atoms with Gasteiger partial charge in [0.05, 0.1) is 70.8 Å². The molecule has 0 unspecified atom stereocenters. The topological polar surface area (TPSA) is 197 Å². The minimum absolute atomic E-state index is 0.0307. The Morgan fingerprint density at radius 3 is 1.16 bits per heavy atom. The van der Waals surface area contributed by atoms with Crippen molar-refractivity contribution in [1.82, 2.24) is 0 Å². The number of hydrogen-bond acceptors (Lipinski definition) is 18. The fourth-order valence-corrected chi connectivity index (χ4v) is 8.91. The van der Waals surface area contributed by atoms with Crippen LogP contribution in [0.5, 0.6) is 23.0 Å². The number of esters is 2. The van der Waals surface area contributed by atoms with Gasteiger partial charge in [-0.3, -0.25) is 9.59 Å². The second-order valence-corrected chi connectivity index (χ2v) is 26.6. The van der Waals surface area contributed by atoms with Crippen molar-refractivity contribution in [2.24, 2.45) is 16.2 Å². The van der Waals surface area contributed by atoms with Gasteiger partial charge in [0.2, 0.25) is 0 Å². The van der Waals surface area contributed by atoms with Crippen LogP contribution in [0, 0.1) is 30.1 Å². The van der Waals surface area contributed by atoms with Gasteiger partial charge in [0.15, 0.2) is 12.6 Å². The second-order valence-electron chi connectivity index (χ2n) is 26.6. The van der Waals surface area contributed by atoms with Crippen LogP contribution in [-0.2, 0) is 80.6 Å².